The molecule has 2 aromatic carbocycles. The van der Waals surface area contributed by atoms with E-state index in [9.17, 15) is 4.39 Å². The second-order valence-corrected chi connectivity index (χ2v) is 5.07. The van der Waals surface area contributed by atoms with Crippen LogP contribution in [0.3, 0.4) is 0 Å². The quantitative estimate of drug-likeness (QED) is 0.709. The van der Waals surface area contributed by atoms with Crippen LogP contribution in [0.2, 0.25) is 0 Å². The third-order valence-electron chi connectivity index (χ3n) is 2.74. The van der Waals surface area contributed by atoms with E-state index in [-0.39, 0.29) is 5.82 Å². The van der Waals surface area contributed by atoms with Gasteiger partial charge in [-0.1, -0.05) is 31.2 Å². The molecular formula is C14H12FI. The van der Waals surface area contributed by atoms with Crippen molar-refractivity contribution in [3.63, 3.8) is 0 Å². The van der Waals surface area contributed by atoms with Gasteiger partial charge in [0.1, 0.15) is 5.82 Å². The summed E-state index contributed by atoms with van der Waals surface area (Å²) in [4.78, 5) is 0. The van der Waals surface area contributed by atoms with Crippen LogP contribution in [0.5, 0.6) is 0 Å². The van der Waals surface area contributed by atoms with Gasteiger partial charge in [-0.2, -0.15) is 0 Å². The molecule has 0 aliphatic rings. The lowest BCUT2D eigenvalue weighted by molar-refractivity contribution is 0.626. The van der Waals surface area contributed by atoms with E-state index < -0.39 is 0 Å². The minimum absolute atomic E-state index is 0.182. The largest absolute Gasteiger partial charge is 0.207 e. The molecule has 1 unspecified atom stereocenters. The Balaban J connectivity index is 2.28. The zero-order valence-electron chi connectivity index (χ0n) is 8.95. The van der Waals surface area contributed by atoms with E-state index in [1.54, 1.807) is 0 Å². The third kappa shape index (κ3) is 2.61. The average Bonchev–Trinajstić information content (AvgIpc) is 2.30. The minimum atomic E-state index is -0.182. The number of hydrogen-bond donors (Lipinski definition) is 0. The number of halogens is 2. The lowest BCUT2D eigenvalue weighted by Gasteiger charge is -2.12. The Morgan fingerprint density at radius 1 is 0.875 bits per heavy atom. The predicted octanol–water partition coefficient (Wildman–Crippen LogP) is 4.58. The number of benzene rings is 2. The van der Waals surface area contributed by atoms with E-state index in [1.807, 2.05) is 12.1 Å². The lowest BCUT2D eigenvalue weighted by atomic mass is 9.93. The molecule has 0 aliphatic heterocycles. The van der Waals surface area contributed by atoms with Crippen molar-refractivity contribution in [2.24, 2.45) is 0 Å². The van der Waals surface area contributed by atoms with Gasteiger partial charge in [-0.3, -0.25) is 0 Å². The fourth-order valence-corrected chi connectivity index (χ4v) is 2.05. The second kappa shape index (κ2) is 4.95. The molecule has 0 aliphatic carbocycles. The summed E-state index contributed by atoms with van der Waals surface area (Å²) in [5.74, 6) is 0.121. The van der Waals surface area contributed by atoms with Gasteiger partial charge >= 0.3 is 0 Å². The second-order valence-electron chi connectivity index (χ2n) is 3.82. The van der Waals surface area contributed by atoms with Crippen LogP contribution in [-0.4, -0.2) is 0 Å². The monoisotopic (exact) mass is 326 g/mol. The molecule has 0 spiro atoms. The van der Waals surface area contributed by atoms with Crippen molar-refractivity contribution >= 4 is 22.6 Å². The summed E-state index contributed by atoms with van der Waals surface area (Å²) in [6.07, 6.45) is 0. The van der Waals surface area contributed by atoms with E-state index in [1.165, 1.54) is 21.3 Å². The fourth-order valence-electron chi connectivity index (χ4n) is 1.70. The van der Waals surface area contributed by atoms with E-state index >= 15 is 0 Å². The maximum Gasteiger partial charge on any atom is 0.123 e. The summed E-state index contributed by atoms with van der Waals surface area (Å²) in [6.45, 7) is 2.13. The molecule has 2 heteroatoms. The van der Waals surface area contributed by atoms with Crippen LogP contribution < -0.4 is 0 Å². The number of hydrogen-bond acceptors (Lipinski definition) is 0. The van der Waals surface area contributed by atoms with E-state index in [0.29, 0.717) is 5.92 Å². The van der Waals surface area contributed by atoms with Crippen molar-refractivity contribution in [1.29, 1.82) is 0 Å². The van der Waals surface area contributed by atoms with E-state index in [0.717, 1.165) is 5.56 Å². The van der Waals surface area contributed by atoms with Gasteiger partial charge in [0.15, 0.2) is 0 Å². The summed E-state index contributed by atoms with van der Waals surface area (Å²) < 4.78 is 14.0. The van der Waals surface area contributed by atoms with Gasteiger partial charge < -0.3 is 0 Å². The first kappa shape index (κ1) is 11.6. The maximum absolute atomic E-state index is 12.8. The molecular weight excluding hydrogens is 314 g/mol. The highest BCUT2D eigenvalue weighted by Gasteiger charge is 2.07. The molecule has 16 heavy (non-hydrogen) atoms. The molecule has 2 aromatic rings. The third-order valence-corrected chi connectivity index (χ3v) is 3.46. The van der Waals surface area contributed by atoms with Crippen molar-refractivity contribution in [2.45, 2.75) is 12.8 Å². The number of rotatable bonds is 2. The highest BCUT2D eigenvalue weighted by atomic mass is 127. The van der Waals surface area contributed by atoms with Gasteiger partial charge in [0.25, 0.3) is 0 Å². The van der Waals surface area contributed by atoms with Crippen molar-refractivity contribution in [3.8, 4) is 0 Å². The Morgan fingerprint density at radius 2 is 1.31 bits per heavy atom. The van der Waals surface area contributed by atoms with Gasteiger partial charge in [0.2, 0.25) is 0 Å². The Labute approximate surface area is 109 Å². The summed E-state index contributed by atoms with van der Waals surface area (Å²) in [5, 5.41) is 0. The van der Waals surface area contributed by atoms with Crippen LogP contribution in [0.1, 0.15) is 24.0 Å². The van der Waals surface area contributed by atoms with E-state index in [2.05, 4.69) is 53.8 Å². The molecule has 0 saturated carbocycles. The van der Waals surface area contributed by atoms with Crippen LogP contribution in [0.4, 0.5) is 4.39 Å². The molecule has 0 radical (unpaired) electrons. The summed E-state index contributed by atoms with van der Waals surface area (Å²) in [7, 11) is 0. The molecule has 0 heterocycles. The molecule has 0 bridgehead atoms. The van der Waals surface area contributed by atoms with E-state index in [4.69, 9.17) is 0 Å². The topological polar surface area (TPSA) is 0 Å². The SMILES string of the molecule is CC(c1ccc(F)cc1)c1ccc(I)cc1. The fraction of sp³-hybridized carbons (Fsp3) is 0.143. The minimum Gasteiger partial charge on any atom is -0.207 e. The molecule has 0 fully saturated rings. The van der Waals surface area contributed by atoms with Crippen molar-refractivity contribution in [2.75, 3.05) is 0 Å². The molecule has 0 nitrogen and oxygen atoms in total. The first-order valence-electron chi connectivity index (χ1n) is 5.18. The first-order valence-corrected chi connectivity index (χ1v) is 6.25. The smallest absolute Gasteiger partial charge is 0.123 e. The zero-order chi connectivity index (χ0) is 11.5. The molecule has 0 amide bonds. The Morgan fingerprint density at radius 3 is 1.81 bits per heavy atom. The molecule has 2 rings (SSSR count). The van der Waals surface area contributed by atoms with Crippen LogP contribution >= 0.6 is 22.6 Å². The first-order chi connectivity index (χ1) is 7.66. The zero-order valence-corrected chi connectivity index (χ0v) is 11.1. The normalized spacial score (nSPS) is 12.4. The molecule has 1 atom stereocenters. The van der Waals surface area contributed by atoms with Crippen molar-refractivity contribution in [1.82, 2.24) is 0 Å². The standard InChI is InChI=1S/C14H12FI/c1-10(11-2-6-13(15)7-3-11)12-4-8-14(16)9-5-12/h2-10H,1H3. The summed E-state index contributed by atoms with van der Waals surface area (Å²) >= 11 is 2.29. The average molecular weight is 326 g/mol. The predicted molar refractivity (Wildman–Crippen MR) is 73.1 cm³/mol. The highest BCUT2D eigenvalue weighted by molar-refractivity contribution is 14.1. The van der Waals surface area contributed by atoms with Crippen LogP contribution in [0.25, 0.3) is 0 Å². The van der Waals surface area contributed by atoms with Crippen molar-refractivity contribution < 1.29 is 4.39 Å². The van der Waals surface area contributed by atoms with Gasteiger partial charge in [-0.05, 0) is 58.0 Å². The van der Waals surface area contributed by atoms with Crippen molar-refractivity contribution in [3.05, 3.63) is 69.0 Å². The van der Waals surface area contributed by atoms with Gasteiger partial charge in [-0.15, -0.1) is 0 Å². The summed E-state index contributed by atoms with van der Waals surface area (Å²) in [6, 6.07) is 15.1. The van der Waals surface area contributed by atoms with Gasteiger partial charge in [0.05, 0.1) is 0 Å². The van der Waals surface area contributed by atoms with Gasteiger partial charge in [0, 0.05) is 9.49 Å². The lowest BCUT2D eigenvalue weighted by Crippen LogP contribution is -1.95. The Hall–Kier alpha value is -0.900. The van der Waals surface area contributed by atoms with Gasteiger partial charge in [-0.25, -0.2) is 4.39 Å². The maximum atomic E-state index is 12.8. The summed E-state index contributed by atoms with van der Waals surface area (Å²) in [5.41, 5.74) is 2.40. The molecule has 0 aromatic heterocycles. The van der Waals surface area contributed by atoms with Crippen LogP contribution in [-0.2, 0) is 0 Å². The Bertz CT molecular complexity index is 414. The highest BCUT2D eigenvalue weighted by Crippen LogP contribution is 2.24. The van der Waals surface area contributed by atoms with Crippen LogP contribution in [0.15, 0.2) is 48.5 Å². The molecule has 82 valence electrons. The Kier molecular flexibility index (Phi) is 3.59. The molecule has 0 saturated heterocycles. The van der Waals surface area contributed by atoms with Crippen LogP contribution in [0, 0.1) is 9.39 Å². The molecule has 0 N–H and O–H groups in total.